The first-order chi connectivity index (χ1) is 11.7. The molecule has 0 aliphatic carbocycles. The molecule has 2 rings (SSSR count). The van der Waals surface area contributed by atoms with E-state index in [0.29, 0.717) is 38.2 Å². The number of benzene rings is 1. The first-order valence-electron chi connectivity index (χ1n) is 7.87. The summed E-state index contributed by atoms with van der Waals surface area (Å²) in [7, 11) is 0. The number of amides is 3. The molecule has 0 aromatic heterocycles. The molecule has 1 fully saturated rings. The van der Waals surface area contributed by atoms with Crippen molar-refractivity contribution in [3.8, 4) is 5.75 Å². The van der Waals surface area contributed by atoms with Crippen LogP contribution in [0.5, 0.6) is 5.75 Å². The second kappa shape index (κ2) is 8.09. The molecule has 0 bridgehead atoms. The highest BCUT2D eigenvalue weighted by molar-refractivity contribution is 5.75. The van der Waals surface area contributed by atoms with Crippen LogP contribution in [0.2, 0.25) is 0 Å². The Bertz CT molecular complexity index is 605. The van der Waals surface area contributed by atoms with Crippen molar-refractivity contribution in [3.63, 3.8) is 0 Å². The molecule has 1 aromatic rings. The zero-order valence-corrected chi connectivity index (χ0v) is 13.8. The Morgan fingerprint density at radius 1 is 1.08 bits per heavy atom. The molecule has 3 amide bonds. The molecular formula is C16H20F3N3O3. The smallest absolute Gasteiger partial charge is 0.406 e. The van der Waals surface area contributed by atoms with Crippen LogP contribution in [0.1, 0.15) is 18.9 Å². The van der Waals surface area contributed by atoms with E-state index >= 15 is 0 Å². The summed E-state index contributed by atoms with van der Waals surface area (Å²) in [5, 5.41) is 2.73. The molecule has 1 heterocycles. The third-order valence-electron chi connectivity index (χ3n) is 3.83. The lowest BCUT2D eigenvalue weighted by molar-refractivity contribution is -0.274. The highest BCUT2D eigenvalue weighted by atomic mass is 19.4. The number of urea groups is 1. The predicted octanol–water partition coefficient (Wildman–Crippen LogP) is 2.35. The quantitative estimate of drug-likeness (QED) is 0.901. The SMILES string of the molecule is CC(=O)N1CCCN(C(=O)NCc2ccc(OC(F)(F)F)cc2)CC1. The van der Waals surface area contributed by atoms with Gasteiger partial charge in [0.15, 0.2) is 0 Å². The van der Waals surface area contributed by atoms with E-state index in [2.05, 4.69) is 10.1 Å². The molecule has 0 unspecified atom stereocenters. The van der Waals surface area contributed by atoms with Crippen LogP contribution >= 0.6 is 0 Å². The molecular weight excluding hydrogens is 339 g/mol. The number of halogens is 3. The lowest BCUT2D eigenvalue weighted by Gasteiger charge is -2.21. The highest BCUT2D eigenvalue weighted by Gasteiger charge is 2.31. The van der Waals surface area contributed by atoms with E-state index < -0.39 is 6.36 Å². The standard InChI is InChI=1S/C16H20F3N3O3/c1-12(23)21-7-2-8-22(10-9-21)15(24)20-11-13-3-5-14(6-4-13)25-16(17,18)19/h3-6H,2,7-11H2,1H3,(H,20,24). The Balaban J connectivity index is 1.82. The Morgan fingerprint density at radius 2 is 1.68 bits per heavy atom. The first-order valence-corrected chi connectivity index (χ1v) is 7.87. The molecule has 1 N–H and O–H groups in total. The topological polar surface area (TPSA) is 61.9 Å². The molecule has 138 valence electrons. The van der Waals surface area contributed by atoms with Crippen LogP contribution in [-0.4, -0.2) is 54.3 Å². The largest absolute Gasteiger partial charge is 0.573 e. The van der Waals surface area contributed by atoms with Crippen molar-refractivity contribution >= 4 is 11.9 Å². The van der Waals surface area contributed by atoms with Gasteiger partial charge in [-0.1, -0.05) is 12.1 Å². The zero-order valence-electron chi connectivity index (χ0n) is 13.8. The van der Waals surface area contributed by atoms with E-state index in [4.69, 9.17) is 0 Å². The van der Waals surface area contributed by atoms with Gasteiger partial charge in [-0.3, -0.25) is 4.79 Å². The third-order valence-corrected chi connectivity index (χ3v) is 3.83. The molecule has 0 spiro atoms. The summed E-state index contributed by atoms with van der Waals surface area (Å²) in [5.41, 5.74) is 0.656. The number of nitrogens with zero attached hydrogens (tertiary/aromatic N) is 2. The molecule has 1 aliphatic heterocycles. The van der Waals surface area contributed by atoms with Gasteiger partial charge < -0.3 is 19.9 Å². The van der Waals surface area contributed by atoms with Gasteiger partial charge in [0.25, 0.3) is 0 Å². The molecule has 6 nitrogen and oxygen atoms in total. The van der Waals surface area contributed by atoms with Gasteiger partial charge in [-0.15, -0.1) is 13.2 Å². The maximum Gasteiger partial charge on any atom is 0.573 e. The van der Waals surface area contributed by atoms with E-state index in [1.165, 1.54) is 31.2 Å². The van der Waals surface area contributed by atoms with Crippen LogP contribution < -0.4 is 10.1 Å². The van der Waals surface area contributed by atoms with Crippen LogP contribution in [0.25, 0.3) is 0 Å². The summed E-state index contributed by atoms with van der Waals surface area (Å²) in [5.74, 6) is -0.317. The molecule has 1 aliphatic rings. The van der Waals surface area contributed by atoms with Crippen molar-refractivity contribution < 1.29 is 27.5 Å². The number of nitrogens with one attached hydrogen (secondary N) is 1. The molecule has 0 saturated carbocycles. The van der Waals surface area contributed by atoms with Gasteiger partial charge in [0.1, 0.15) is 5.75 Å². The Kier molecular flexibility index (Phi) is 6.11. The zero-order chi connectivity index (χ0) is 18.4. The number of ether oxygens (including phenoxy) is 1. The van der Waals surface area contributed by atoms with Crippen LogP contribution in [-0.2, 0) is 11.3 Å². The van der Waals surface area contributed by atoms with Gasteiger partial charge in [0.2, 0.25) is 5.91 Å². The van der Waals surface area contributed by atoms with Crippen LogP contribution in [0.3, 0.4) is 0 Å². The Morgan fingerprint density at radius 3 is 2.28 bits per heavy atom. The lowest BCUT2D eigenvalue weighted by atomic mass is 10.2. The van der Waals surface area contributed by atoms with Gasteiger partial charge >= 0.3 is 12.4 Å². The fraction of sp³-hybridized carbons (Fsp3) is 0.500. The molecule has 25 heavy (non-hydrogen) atoms. The first kappa shape index (κ1) is 18.9. The number of rotatable bonds is 3. The molecule has 0 radical (unpaired) electrons. The fourth-order valence-corrected chi connectivity index (χ4v) is 2.53. The van der Waals surface area contributed by atoms with Gasteiger partial charge in [-0.2, -0.15) is 0 Å². The van der Waals surface area contributed by atoms with Crippen molar-refractivity contribution in [1.29, 1.82) is 0 Å². The average Bonchev–Trinajstić information content (AvgIpc) is 2.78. The van der Waals surface area contributed by atoms with Gasteiger partial charge in [-0.25, -0.2) is 4.79 Å². The van der Waals surface area contributed by atoms with E-state index in [0.717, 1.165) is 0 Å². The summed E-state index contributed by atoms with van der Waals surface area (Å²) in [6.45, 7) is 3.81. The fourth-order valence-electron chi connectivity index (χ4n) is 2.53. The highest BCUT2D eigenvalue weighted by Crippen LogP contribution is 2.22. The van der Waals surface area contributed by atoms with Crippen molar-refractivity contribution in [1.82, 2.24) is 15.1 Å². The van der Waals surface area contributed by atoms with Crippen LogP contribution in [0.15, 0.2) is 24.3 Å². The number of carbonyl (C=O) groups excluding carboxylic acids is 2. The van der Waals surface area contributed by atoms with Crippen LogP contribution in [0, 0.1) is 0 Å². The van der Waals surface area contributed by atoms with Crippen molar-refractivity contribution in [2.45, 2.75) is 26.3 Å². The monoisotopic (exact) mass is 359 g/mol. The summed E-state index contributed by atoms with van der Waals surface area (Å²) in [4.78, 5) is 26.9. The number of carbonyl (C=O) groups is 2. The maximum atomic E-state index is 12.2. The van der Waals surface area contributed by atoms with Gasteiger partial charge in [0.05, 0.1) is 0 Å². The Labute approximate surface area is 143 Å². The predicted molar refractivity (Wildman–Crippen MR) is 83.8 cm³/mol. The summed E-state index contributed by atoms with van der Waals surface area (Å²) in [6, 6.07) is 5.06. The van der Waals surface area contributed by atoms with Gasteiger partial charge in [0, 0.05) is 39.6 Å². The minimum Gasteiger partial charge on any atom is -0.406 e. The average molecular weight is 359 g/mol. The second-order valence-corrected chi connectivity index (χ2v) is 5.70. The summed E-state index contributed by atoms with van der Waals surface area (Å²) >= 11 is 0. The van der Waals surface area contributed by atoms with E-state index in [-0.39, 0.29) is 24.2 Å². The maximum absolute atomic E-state index is 12.2. The lowest BCUT2D eigenvalue weighted by Crippen LogP contribution is -2.42. The summed E-state index contributed by atoms with van der Waals surface area (Å²) < 4.78 is 40.1. The molecule has 9 heteroatoms. The van der Waals surface area contributed by atoms with E-state index in [1.807, 2.05) is 0 Å². The molecule has 1 saturated heterocycles. The van der Waals surface area contributed by atoms with Crippen molar-refractivity contribution in [2.75, 3.05) is 26.2 Å². The van der Waals surface area contributed by atoms with Crippen molar-refractivity contribution in [2.24, 2.45) is 0 Å². The molecule has 1 aromatic carbocycles. The third kappa shape index (κ3) is 6.17. The Hall–Kier alpha value is -2.45. The van der Waals surface area contributed by atoms with Crippen molar-refractivity contribution in [3.05, 3.63) is 29.8 Å². The van der Waals surface area contributed by atoms with Crippen LogP contribution in [0.4, 0.5) is 18.0 Å². The molecule has 0 atom stereocenters. The van der Waals surface area contributed by atoms with Gasteiger partial charge in [-0.05, 0) is 24.1 Å². The van der Waals surface area contributed by atoms with E-state index in [1.54, 1.807) is 9.80 Å². The second-order valence-electron chi connectivity index (χ2n) is 5.70. The van der Waals surface area contributed by atoms with E-state index in [9.17, 15) is 22.8 Å². The number of alkyl halides is 3. The summed E-state index contributed by atoms with van der Waals surface area (Å²) in [6.07, 6.45) is -4.02. The number of hydrogen-bond donors (Lipinski definition) is 1. The normalized spacial score (nSPS) is 15.5. The minimum atomic E-state index is -4.73. The number of hydrogen-bond acceptors (Lipinski definition) is 3. The minimum absolute atomic E-state index is 0.0107.